The van der Waals surface area contributed by atoms with Gasteiger partial charge in [0.1, 0.15) is 0 Å². The van der Waals surface area contributed by atoms with Crippen molar-refractivity contribution in [2.24, 2.45) is 4.99 Å². The van der Waals surface area contributed by atoms with Gasteiger partial charge in [0.05, 0.1) is 0 Å². The van der Waals surface area contributed by atoms with E-state index in [1.54, 1.807) is 0 Å². The molecular formula is C14H19Cl3N3Pd. The van der Waals surface area contributed by atoms with Crippen molar-refractivity contribution in [2.45, 2.75) is 46.2 Å². The third-order valence-electron chi connectivity index (χ3n) is 3.18. The maximum Gasteiger partial charge on any atom is -1.00 e. The summed E-state index contributed by atoms with van der Waals surface area (Å²) in [4.78, 5) is 8.77. The van der Waals surface area contributed by atoms with Gasteiger partial charge < -0.3 is 24.8 Å². The van der Waals surface area contributed by atoms with Gasteiger partial charge in [-0.25, -0.2) is 0 Å². The molecule has 2 aliphatic rings. The van der Waals surface area contributed by atoms with Crippen molar-refractivity contribution in [3.8, 4) is 0 Å². The van der Waals surface area contributed by atoms with Crippen molar-refractivity contribution in [1.29, 1.82) is 0 Å². The quantitative estimate of drug-likeness (QED) is 0.443. The molecule has 0 aromatic carbocycles. The first-order valence-electron chi connectivity index (χ1n) is 6.46. The average molecular weight is 442 g/mol. The van der Waals surface area contributed by atoms with Crippen molar-refractivity contribution in [1.82, 2.24) is 9.80 Å². The van der Waals surface area contributed by atoms with Crippen LogP contribution < -0.4 is 24.8 Å². The van der Waals surface area contributed by atoms with E-state index in [-0.39, 0.29) is 24.8 Å². The summed E-state index contributed by atoms with van der Waals surface area (Å²) < 4.78 is 0.748. The normalized spacial score (nSPS) is 17.9. The second-order valence-electron chi connectivity index (χ2n) is 5.19. The van der Waals surface area contributed by atoms with E-state index < -0.39 is 0 Å². The summed E-state index contributed by atoms with van der Waals surface area (Å²) in [5, 5.41) is 0.723. The first kappa shape index (κ1) is 21.0. The molecule has 0 bridgehead atoms. The van der Waals surface area contributed by atoms with Crippen LogP contribution in [-0.2, 0) is 19.2 Å². The average Bonchev–Trinajstić information content (AvgIpc) is 2.77. The zero-order chi connectivity index (χ0) is 14.2. The molecule has 0 aromatic heterocycles. The Labute approximate surface area is 155 Å². The number of hydrogen-bond acceptors (Lipinski definition) is 3. The molecule has 21 heavy (non-hydrogen) atoms. The van der Waals surface area contributed by atoms with Crippen LogP contribution in [0.3, 0.4) is 0 Å². The van der Waals surface area contributed by atoms with Crippen LogP contribution >= 0.6 is 11.6 Å². The van der Waals surface area contributed by atoms with Crippen molar-refractivity contribution >= 4 is 17.8 Å². The molecule has 0 fully saturated rings. The van der Waals surface area contributed by atoms with Crippen molar-refractivity contribution in [2.75, 3.05) is 0 Å². The Bertz CT molecular complexity index is 476. The third kappa shape index (κ3) is 4.27. The first-order valence-corrected chi connectivity index (χ1v) is 7.62. The fourth-order valence-corrected chi connectivity index (χ4v) is 2.81. The summed E-state index contributed by atoms with van der Waals surface area (Å²) in [6.07, 6.45) is 6.92. The summed E-state index contributed by atoms with van der Waals surface area (Å²) in [6.45, 7) is 8.72. The van der Waals surface area contributed by atoms with Gasteiger partial charge >= 0.3 is 131 Å². The number of rotatable bonds is 2. The van der Waals surface area contributed by atoms with Crippen LogP contribution in [0.25, 0.3) is 0 Å². The van der Waals surface area contributed by atoms with Gasteiger partial charge in [-0.3, -0.25) is 0 Å². The molecule has 0 saturated heterocycles. The monoisotopic (exact) mass is 440 g/mol. The molecule has 0 saturated carbocycles. The Balaban J connectivity index is 0.00000200. The maximum atomic E-state index is 6.44. The van der Waals surface area contributed by atoms with Gasteiger partial charge in [-0.15, -0.1) is 0 Å². The molecule has 0 atom stereocenters. The summed E-state index contributed by atoms with van der Waals surface area (Å²) >= 11 is 9.56. The van der Waals surface area contributed by atoms with Gasteiger partial charge in [0.15, 0.2) is 0 Å². The predicted octanol–water partition coefficient (Wildman–Crippen LogP) is -2.46. The van der Waals surface area contributed by atoms with Gasteiger partial charge in [-0.05, 0) is 0 Å². The van der Waals surface area contributed by atoms with E-state index in [0.717, 1.165) is 21.2 Å². The Hall–Kier alpha value is 0.0223. The fraction of sp³-hybridized carbons (Fsp3) is 0.500. The van der Waals surface area contributed by atoms with Crippen LogP contribution in [0.4, 0.5) is 0 Å². The summed E-state index contributed by atoms with van der Waals surface area (Å²) in [7, 11) is 0. The van der Waals surface area contributed by atoms with E-state index in [0.29, 0.717) is 12.1 Å². The van der Waals surface area contributed by atoms with Crippen LogP contribution in [0.1, 0.15) is 34.1 Å². The predicted molar refractivity (Wildman–Crippen MR) is 76.1 cm³/mol. The van der Waals surface area contributed by atoms with Gasteiger partial charge in [-0.2, -0.15) is 0 Å². The van der Waals surface area contributed by atoms with E-state index in [1.165, 1.54) is 5.82 Å². The number of halogens is 3. The number of hydrogen-bond donors (Lipinski definition) is 0. The standard InChI is InChI=1S/C14H19ClN3.2ClH.Pd/c1-10(2)17-7-8-18(11(3)4)14(17)12-5-6-16-9-13(12)15;;;/h6-8,10-11H,5H2,1-4H3;2*1H;/q;;;+2/p-2. The second-order valence-corrected chi connectivity index (χ2v) is 6.31. The zero-order valence-electron chi connectivity index (χ0n) is 12.4. The number of allylic oxidation sites excluding steroid dienone is 2. The molecule has 0 aliphatic carbocycles. The Kier molecular flexibility index (Phi) is 8.61. The van der Waals surface area contributed by atoms with Crippen molar-refractivity contribution in [3.05, 3.63) is 33.0 Å². The molecule has 2 heterocycles. The molecule has 3 nitrogen and oxygen atoms in total. The van der Waals surface area contributed by atoms with Crippen LogP contribution in [0, 0.1) is 0 Å². The fourth-order valence-electron chi connectivity index (χ4n) is 2.23. The molecule has 7 heteroatoms. The smallest absolute Gasteiger partial charge is 1.00 e. The Morgan fingerprint density at radius 3 is 2.00 bits per heavy atom. The minimum atomic E-state index is 0. The molecule has 2 rings (SSSR count). The molecule has 0 spiro atoms. The summed E-state index contributed by atoms with van der Waals surface area (Å²) in [5.41, 5.74) is 1.13. The Morgan fingerprint density at radius 2 is 1.57 bits per heavy atom. The minimum Gasteiger partial charge on any atom is -1.00 e. The molecule has 0 amide bonds. The summed E-state index contributed by atoms with van der Waals surface area (Å²) in [5.74, 6) is 1.17. The SMILES string of the molecule is CC(C)N1C=CN(C(C)C)C1=C1CC=N[C]([Pd+2])=C1Cl.[Cl-].[Cl-]. The van der Waals surface area contributed by atoms with E-state index >= 15 is 0 Å². The molecule has 0 radical (unpaired) electrons. The number of aliphatic imine (C=N–C) groups is 1. The van der Waals surface area contributed by atoms with E-state index in [1.807, 2.05) is 6.21 Å². The van der Waals surface area contributed by atoms with Gasteiger partial charge in [0.25, 0.3) is 0 Å². The van der Waals surface area contributed by atoms with Crippen LogP contribution in [0.5, 0.6) is 0 Å². The Morgan fingerprint density at radius 1 is 1.10 bits per heavy atom. The molecule has 0 unspecified atom stereocenters. The largest absolute Gasteiger partial charge is 1.00 e. The van der Waals surface area contributed by atoms with Crippen molar-refractivity contribution < 1.29 is 44.0 Å². The first-order chi connectivity index (χ1) is 8.93. The van der Waals surface area contributed by atoms with Gasteiger partial charge in [0.2, 0.25) is 0 Å². The topological polar surface area (TPSA) is 18.8 Å². The van der Waals surface area contributed by atoms with E-state index in [9.17, 15) is 0 Å². The minimum absolute atomic E-state index is 0. The van der Waals surface area contributed by atoms with Crippen molar-refractivity contribution in [3.63, 3.8) is 0 Å². The van der Waals surface area contributed by atoms with Crippen LogP contribution in [0.15, 0.2) is 38.0 Å². The van der Waals surface area contributed by atoms with E-state index in [4.69, 9.17) is 11.6 Å². The molecule has 121 valence electrons. The molecule has 0 N–H and O–H groups in total. The molecular weight excluding hydrogens is 423 g/mol. The third-order valence-corrected chi connectivity index (χ3v) is 4.39. The van der Waals surface area contributed by atoms with Gasteiger partial charge in [0, 0.05) is 0 Å². The maximum absolute atomic E-state index is 6.44. The van der Waals surface area contributed by atoms with Gasteiger partial charge in [-0.1, -0.05) is 0 Å². The number of nitrogens with zero attached hydrogens (tertiary/aromatic N) is 3. The second kappa shape index (κ2) is 8.60. The molecule has 0 aromatic rings. The zero-order valence-corrected chi connectivity index (χ0v) is 16.2. The van der Waals surface area contributed by atoms with E-state index in [2.05, 4.69) is 74.1 Å². The molecule has 2 aliphatic heterocycles. The van der Waals surface area contributed by atoms with Crippen LogP contribution in [-0.4, -0.2) is 28.1 Å². The van der Waals surface area contributed by atoms with Crippen LogP contribution in [0.2, 0.25) is 0 Å². The summed E-state index contributed by atoms with van der Waals surface area (Å²) in [6, 6.07) is 0.792.